The van der Waals surface area contributed by atoms with Crippen LogP contribution < -0.4 is 35.6 Å². The summed E-state index contributed by atoms with van der Waals surface area (Å²) in [7, 11) is 5.89. The van der Waals surface area contributed by atoms with E-state index >= 15 is 0 Å². The average molecular weight is 660 g/mol. The van der Waals surface area contributed by atoms with Crippen molar-refractivity contribution in [2.75, 3.05) is 33.8 Å². The van der Waals surface area contributed by atoms with E-state index < -0.39 is 30.0 Å². The first-order chi connectivity index (χ1) is 23.1. The lowest BCUT2D eigenvalue weighted by molar-refractivity contribution is -0.145. The molecule has 0 bridgehead atoms. The molecule has 1 aliphatic carbocycles. The van der Waals surface area contributed by atoms with Crippen molar-refractivity contribution in [3.8, 4) is 28.4 Å². The van der Waals surface area contributed by atoms with Gasteiger partial charge in [-0.25, -0.2) is 4.79 Å². The lowest BCUT2D eigenvalue weighted by Crippen LogP contribution is -2.51. The van der Waals surface area contributed by atoms with Crippen molar-refractivity contribution in [2.24, 2.45) is 5.92 Å². The molecule has 0 heterocycles. The highest BCUT2D eigenvalue weighted by Crippen LogP contribution is 2.50. The van der Waals surface area contributed by atoms with Crippen molar-refractivity contribution >= 4 is 23.5 Å². The third-order valence-electron chi connectivity index (χ3n) is 8.81. The molecule has 0 fully saturated rings. The smallest absolute Gasteiger partial charge is 0.328 e. The lowest BCUT2D eigenvalue weighted by atomic mass is 9.95. The fourth-order valence-corrected chi connectivity index (χ4v) is 6.14. The molecule has 1 aliphatic rings. The molecule has 0 radical (unpaired) electrons. The van der Waals surface area contributed by atoms with Crippen LogP contribution in [0.1, 0.15) is 56.3 Å². The topological polar surface area (TPSA) is 141 Å². The number of benzene rings is 2. The highest BCUT2D eigenvalue weighted by Gasteiger charge is 2.32. The number of fused-ring (bicyclic) bond motifs is 3. The van der Waals surface area contributed by atoms with Gasteiger partial charge < -0.3 is 34.9 Å². The average Bonchev–Trinajstić information content (AvgIpc) is 3.33. The quantitative estimate of drug-likeness (QED) is 0.225. The number of esters is 1. The van der Waals surface area contributed by atoms with Gasteiger partial charge in [0.25, 0.3) is 0 Å². The Balaban J connectivity index is 1.80. The van der Waals surface area contributed by atoms with E-state index in [9.17, 15) is 19.2 Å². The van der Waals surface area contributed by atoms with Gasteiger partial charge in [-0.3, -0.25) is 14.4 Å². The molecule has 0 aromatic heterocycles. The van der Waals surface area contributed by atoms with E-state index in [0.29, 0.717) is 47.6 Å². The number of carbonyl (C=O) groups excluding carboxylic acids is 3. The highest BCUT2D eigenvalue weighted by atomic mass is 16.5. The molecule has 2 amide bonds. The fraction of sp³-hybridized carbons (Fsp3) is 0.405. The Labute approximate surface area is 281 Å². The summed E-state index contributed by atoms with van der Waals surface area (Å²) in [4.78, 5) is 52.8. The number of anilines is 1. The first kappa shape index (κ1) is 35.8. The van der Waals surface area contributed by atoms with Crippen LogP contribution in [0.3, 0.4) is 0 Å². The van der Waals surface area contributed by atoms with E-state index in [0.717, 1.165) is 16.7 Å². The van der Waals surface area contributed by atoms with Crippen LogP contribution in [0.25, 0.3) is 11.1 Å². The molecule has 0 saturated carbocycles. The number of methoxy groups -OCH3 is 4. The number of amides is 2. The number of ether oxygens (including phenoxy) is 4. The number of aryl methyl sites for hydroxylation is 1. The third-order valence-corrected chi connectivity index (χ3v) is 8.81. The second-order valence-electron chi connectivity index (χ2n) is 11.9. The zero-order valence-corrected chi connectivity index (χ0v) is 28.6. The molecule has 3 aromatic carbocycles. The summed E-state index contributed by atoms with van der Waals surface area (Å²) < 4.78 is 22.2. The minimum atomic E-state index is -0.928. The lowest BCUT2D eigenvalue weighted by Gasteiger charge is -2.26. The van der Waals surface area contributed by atoms with Crippen LogP contribution in [0.15, 0.2) is 59.4 Å². The minimum Gasteiger partial charge on any atom is -0.493 e. The number of nitrogens with one attached hydrogen (secondary N) is 3. The monoisotopic (exact) mass is 659 g/mol. The summed E-state index contributed by atoms with van der Waals surface area (Å²) >= 11 is 0. The van der Waals surface area contributed by atoms with E-state index in [1.807, 2.05) is 50.2 Å². The molecule has 0 spiro atoms. The number of hydrogen-bond acceptors (Lipinski definition) is 9. The molecule has 4 rings (SSSR count). The van der Waals surface area contributed by atoms with E-state index in [1.165, 1.54) is 34.3 Å². The SMILES string of the molecule is CC[C@@H](C)[C@@H](Nc1ccc2c(cc1=O)[C@H](NC(C)=O)CCc1cc(OC)c(OC)c(OC)c1-2)C(=O)N[C@H](Cc1ccccc1)C(=O)OC. The largest absolute Gasteiger partial charge is 0.493 e. The van der Waals surface area contributed by atoms with Gasteiger partial charge in [0.15, 0.2) is 11.5 Å². The summed E-state index contributed by atoms with van der Waals surface area (Å²) in [5.74, 6) is -0.123. The molecular formula is C37H45N3O8. The molecule has 0 unspecified atom stereocenters. The molecule has 11 nitrogen and oxygen atoms in total. The number of hydrogen-bond donors (Lipinski definition) is 3. The minimum absolute atomic E-state index is 0.184. The van der Waals surface area contributed by atoms with Crippen LogP contribution in [0.2, 0.25) is 0 Å². The summed E-state index contributed by atoms with van der Waals surface area (Å²) in [6, 6.07) is 13.9. The van der Waals surface area contributed by atoms with E-state index in [-0.39, 0.29) is 29.4 Å². The van der Waals surface area contributed by atoms with E-state index in [4.69, 9.17) is 18.9 Å². The molecule has 3 N–H and O–H groups in total. The van der Waals surface area contributed by atoms with Crippen LogP contribution >= 0.6 is 0 Å². The van der Waals surface area contributed by atoms with Crippen molar-refractivity contribution < 1.29 is 33.3 Å². The summed E-state index contributed by atoms with van der Waals surface area (Å²) in [5.41, 5.74) is 3.56. The predicted octanol–water partition coefficient (Wildman–Crippen LogP) is 4.59. The summed E-state index contributed by atoms with van der Waals surface area (Å²) in [5, 5.41) is 9.05. The molecule has 3 aromatic rings. The van der Waals surface area contributed by atoms with Crippen LogP contribution in [-0.4, -0.2) is 58.3 Å². The maximum Gasteiger partial charge on any atom is 0.328 e. The van der Waals surface area contributed by atoms with Gasteiger partial charge in [0.05, 0.1) is 40.2 Å². The van der Waals surface area contributed by atoms with Gasteiger partial charge in [0.2, 0.25) is 23.0 Å². The van der Waals surface area contributed by atoms with Crippen molar-refractivity contribution in [2.45, 2.75) is 64.6 Å². The maximum atomic E-state index is 14.0. The van der Waals surface area contributed by atoms with Crippen LogP contribution in [0.4, 0.5) is 5.69 Å². The Morgan fingerprint density at radius 1 is 0.938 bits per heavy atom. The van der Waals surface area contributed by atoms with Crippen LogP contribution in [0, 0.1) is 5.92 Å². The molecule has 4 atom stereocenters. The Morgan fingerprint density at radius 2 is 1.65 bits per heavy atom. The van der Waals surface area contributed by atoms with Gasteiger partial charge in [-0.1, -0.05) is 56.7 Å². The Morgan fingerprint density at radius 3 is 2.25 bits per heavy atom. The first-order valence-electron chi connectivity index (χ1n) is 16.0. The molecule has 11 heteroatoms. The normalized spacial score (nSPS) is 15.3. The third kappa shape index (κ3) is 7.90. The standard InChI is InChI=1S/C37H45N3O8/c1-8-21(2)33(36(43)40-29(37(44)48-7)18-23-12-10-9-11-13-23)39-28-17-15-25-26(20-30(28)42)27(38-22(3)41)16-14-24-19-31(45-4)34(46-5)35(47-6)32(24)25/h9-13,15,17,19-21,27,29,33H,8,14,16,18H2,1-7H3,(H,38,41)(H,39,42)(H,40,43)/t21-,27-,29-,33-/m1/s1. The molecule has 0 aliphatic heterocycles. The fourth-order valence-electron chi connectivity index (χ4n) is 6.14. The van der Waals surface area contributed by atoms with Crippen LogP contribution in [0.5, 0.6) is 17.2 Å². The summed E-state index contributed by atoms with van der Waals surface area (Å²) in [6.07, 6.45) is 1.94. The van der Waals surface area contributed by atoms with E-state index in [1.54, 1.807) is 19.2 Å². The Bertz CT molecular complexity index is 1690. The first-order valence-corrected chi connectivity index (χ1v) is 16.0. The second kappa shape index (κ2) is 16.2. The van der Waals surface area contributed by atoms with Gasteiger partial charge in [-0.15, -0.1) is 0 Å². The van der Waals surface area contributed by atoms with Gasteiger partial charge in [0.1, 0.15) is 12.1 Å². The maximum absolute atomic E-state index is 14.0. The van der Waals surface area contributed by atoms with Crippen molar-refractivity contribution in [1.82, 2.24) is 10.6 Å². The second-order valence-corrected chi connectivity index (χ2v) is 11.9. The van der Waals surface area contributed by atoms with Crippen molar-refractivity contribution in [1.29, 1.82) is 0 Å². The zero-order valence-electron chi connectivity index (χ0n) is 28.6. The van der Waals surface area contributed by atoms with E-state index in [2.05, 4.69) is 16.0 Å². The van der Waals surface area contributed by atoms with Gasteiger partial charge in [-0.05, 0) is 59.2 Å². The molecule has 0 saturated heterocycles. The Kier molecular flexibility index (Phi) is 12.1. The van der Waals surface area contributed by atoms with Gasteiger partial charge >= 0.3 is 5.97 Å². The Hall–Kier alpha value is -5.06. The van der Waals surface area contributed by atoms with Gasteiger partial charge in [0, 0.05) is 18.9 Å². The predicted molar refractivity (Wildman–Crippen MR) is 184 cm³/mol. The van der Waals surface area contributed by atoms with Crippen LogP contribution in [-0.2, 0) is 32.0 Å². The number of carbonyl (C=O) groups is 3. The summed E-state index contributed by atoms with van der Waals surface area (Å²) in [6.45, 7) is 5.29. The zero-order chi connectivity index (χ0) is 35.0. The molecule has 48 heavy (non-hydrogen) atoms. The molecule has 256 valence electrons. The molecular weight excluding hydrogens is 614 g/mol. The van der Waals surface area contributed by atoms with Crippen molar-refractivity contribution in [3.63, 3.8) is 0 Å². The number of rotatable bonds is 13. The van der Waals surface area contributed by atoms with Crippen molar-refractivity contribution in [3.05, 3.63) is 81.5 Å². The highest BCUT2D eigenvalue weighted by molar-refractivity contribution is 5.90. The van der Waals surface area contributed by atoms with Gasteiger partial charge in [-0.2, -0.15) is 0 Å².